The van der Waals surface area contributed by atoms with Gasteiger partial charge < -0.3 is 0 Å². The largest absolute Gasteiger partial charge is 0.363 e. The number of nitro groups is 2. The van der Waals surface area contributed by atoms with E-state index in [0.29, 0.717) is 0 Å². The molecule has 0 heterocycles. The molecule has 1 aromatic rings. The topological polar surface area (TPSA) is 110 Å². The molecule has 0 amide bonds. The predicted octanol–water partition coefficient (Wildman–Crippen LogP) is 1.80. The zero-order valence-electron chi connectivity index (χ0n) is 7.11. The second-order valence-corrected chi connectivity index (χ2v) is 2.30. The van der Waals surface area contributed by atoms with Crippen molar-refractivity contribution in [2.75, 3.05) is 0 Å². The smallest absolute Gasteiger partial charge is 0.258 e. The van der Waals surface area contributed by atoms with Gasteiger partial charge in [-0.05, 0) is 6.07 Å². The van der Waals surface area contributed by atoms with E-state index in [1.54, 1.807) is 0 Å². The van der Waals surface area contributed by atoms with Crippen molar-refractivity contribution >= 4 is 23.8 Å². The second-order valence-electron chi connectivity index (χ2n) is 2.30. The molecule has 0 radical (unpaired) electrons. The lowest BCUT2D eigenvalue weighted by molar-refractivity contribution is -0.422. The first kappa shape index (κ1) is 12.8. The highest BCUT2D eigenvalue weighted by atomic mass is 35.5. The standard InChI is InChI=1S/C7H3N3O4.ClH/c8-4-5-2-1-3-6(9(11)12)7(5)10(13)14;/h1-3H;1H. The van der Waals surface area contributed by atoms with E-state index in [1.165, 1.54) is 12.1 Å². The number of nitriles is 1. The molecule has 0 aliphatic carbocycles. The van der Waals surface area contributed by atoms with Crippen LogP contribution in [0.1, 0.15) is 5.56 Å². The van der Waals surface area contributed by atoms with Crippen LogP contribution in [0.5, 0.6) is 0 Å². The number of rotatable bonds is 2. The van der Waals surface area contributed by atoms with Crippen LogP contribution < -0.4 is 0 Å². The molecule has 1 aromatic carbocycles. The van der Waals surface area contributed by atoms with Crippen LogP contribution in [0, 0.1) is 31.6 Å². The number of nitrogens with zero attached hydrogens (tertiary/aromatic N) is 3. The summed E-state index contributed by atoms with van der Waals surface area (Å²) in [5, 5.41) is 29.3. The van der Waals surface area contributed by atoms with Crippen molar-refractivity contribution in [3.05, 3.63) is 44.0 Å². The van der Waals surface area contributed by atoms with Gasteiger partial charge in [0.25, 0.3) is 0 Å². The van der Waals surface area contributed by atoms with Gasteiger partial charge in [0.15, 0.2) is 0 Å². The lowest BCUT2D eigenvalue weighted by atomic mass is 10.2. The summed E-state index contributed by atoms with van der Waals surface area (Å²) in [4.78, 5) is 19.0. The molecule has 8 heteroatoms. The molecule has 0 atom stereocenters. The molecule has 0 bridgehead atoms. The quantitative estimate of drug-likeness (QED) is 0.567. The van der Waals surface area contributed by atoms with E-state index in [-0.39, 0.29) is 18.0 Å². The van der Waals surface area contributed by atoms with Crippen molar-refractivity contribution < 1.29 is 9.85 Å². The van der Waals surface area contributed by atoms with Crippen LogP contribution in [-0.4, -0.2) is 9.85 Å². The minimum atomic E-state index is -0.934. The molecule has 15 heavy (non-hydrogen) atoms. The first-order valence-electron chi connectivity index (χ1n) is 3.40. The summed E-state index contributed by atoms with van der Waals surface area (Å²) >= 11 is 0. The zero-order valence-corrected chi connectivity index (χ0v) is 7.93. The summed E-state index contributed by atoms with van der Waals surface area (Å²) in [6, 6.07) is 4.89. The molecule has 78 valence electrons. The average Bonchev–Trinajstić information content (AvgIpc) is 2.16. The number of benzene rings is 1. The van der Waals surface area contributed by atoms with E-state index in [1.807, 2.05) is 0 Å². The van der Waals surface area contributed by atoms with E-state index in [4.69, 9.17) is 5.26 Å². The lowest BCUT2D eigenvalue weighted by Crippen LogP contribution is -1.98. The Morgan fingerprint density at radius 1 is 1.20 bits per heavy atom. The highest BCUT2D eigenvalue weighted by molar-refractivity contribution is 5.85. The molecule has 0 fully saturated rings. The molecular formula is C7H4ClN3O4. The Morgan fingerprint density at radius 2 is 1.80 bits per heavy atom. The van der Waals surface area contributed by atoms with E-state index in [9.17, 15) is 20.2 Å². The predicted molar refractivity (Wildman–Crippen MR) is 51.7 cm³/mol. The Labute approximate surface area is 89.6 Å². The van der Waals surface area contributed by atoms with Crippen molar-refractivity contribution in [1.29, 1.82) is 5.26 Å². The molecule has 0 aromatic heterocycles. The molecule has 1 rings (SSSR count). The molecule has 0 unspecified atom stereocenters. The van der Waals surface area contributed by atoms with Gasteiger partial charge in [0.2, 0.25) is 0 Å². The maximum atomic E-state index is 10.5. The van der Waals surface area contributed by atoms with E-state index in [2.05, 4.69) is 0 Å². The summed E-state index contributed by atoms with van der Waals surface area (Å²) < 4.78 is 0. The van der Waals surface area contributed by atoms with E-state index >= 15 is 0 Å². The number of para-hydroxylation sites is 1. The molecule has 0 N–H and O–H groups in total. The van der Waals surface area contributed by atoms with Gasteiger partial charge in [-0.3, -0.25) is 20.2 Å². The Bertz CT molecular complexity index is 454. The first-order valence-corrected chi connectivity index (χ1v) is 3.40. The number of nitro benzene ring substituents is 2. The Hall–Kier alpha value is -2.20. The minimum absolute atomic E-state index is 0. The van der Waals surface area contributed by atoms with Gasteiger partial charge in [0.1, 0.15) is 11.6 Å². The molecule has 0 aliphatic rings. The van der Waals surface area contributed by atoms with Crippen LogP contribution in [0.25, 0.3) is 0 Å². The van der Waals surface area contributed by atoms with Crippen LogP contribution in [0.2, 0.25) is 0 Å². The van der Waals surface area contributed by atoms with Crippen LogP contribution in [0.3, 0.4) is 0 Å². The lowest BCUT2D eigenvalue weighted by Gasteiger charge is -1.95. The van der Waals surface area contributed by atoms with Crippen LogP contribution in [0.15, 0.2) is 18.2 Å². The van der Waals surface area contributed by atoms with Gasteiger partial charge in [0, 0.05) is 6.07 Å². The van der Waals surface area contributed by atoms with Crippen molar-refractivity contribution in [3.63, 3.8) is 0 Å². The number of hydrogen-bond acceptors (Lipinski definition) is 5. The Balaban J connectivity index is 0.00000196. The highest BCUT2D eigenvalue weighted by Crippen LogP contribution is 2.29. The first-order chi connectivity index (χ1) is 6.57. The fourth-order valence-electron chi connectivity index (χ4n) is 0.961. The normalized spacial score (nSPS) is 8.47. The van der Waals surface area contributed by atoms with Gasteiger partial charge in [-0.25, -0.2) is 0 Å². The maximum Gasteiger partial charge on any atom is 0.363 e. The van der Waals surface area contributed by atoms with Crippen molar-refractivity contribution in [3.8, 4) is 6.07 Å². The fourth-order valence-corrected chi connectivity index (χ4v) is 0.961. The summed E-state index contributed by atoms with van der Waals surface area (Å²) in [5.41, 5.74) is -1.75. The number of hydrogen-bond donors (Lipinski definition) is 0. The zero-order chi connectivity index (χ0) is 10.7. The van der Waals surface area contributed by atoms with Crippen molar-refractivity contribution in [2.24, 2.45) is 0 Å². The van der Waals surface area contributed by atoms with Crippen LogP contribution >= 0.6 is 12.4 Å². The Kier molecular flexibility index (Phi) is 4.16. The summed E-state index contributed by atoms with van der Waals surface area (Å²) in [6.45, 7) is 0. The average molecular weight is 230 g/mol. The molecule has 0 spiro atoms. The van der Waals surface area contributed by atoms with Crippen LogP contribution in [0.4, 0.5) is 11.4 Å². The SMILES string of the molecule is Cl.N#Cc1cccc([N+](=O)[O-])c1[N+](=O)[O-]. The minimum Gasteiger partial charge on any atom is -0.258 e. The monoisotopic (exact) mass is 229 g/mol. The molecule has 7 nitrogen and oxygen atoms in total. The fraction of sp³-hybridized carbons (Fsp3) is 0. The summed E-state index contributed by atoms with van der Waals surface area (Å²) in [5.74, 6) is 0. The number of halogens is 1. The third-order valence-corrected chi connectivity index (χ3v) is 1.51. The highest BCUT2D eigenvalue weighted by Gasteiger charge is 2.27. The van der Waals surface area contributed by atoms with E-state index in [0.717, 1.165) is 12.1 Å². The molecule has 0 saturated carbocycles. The molecule has 0 aliphatic heterocycles. The van der Waals surface area contributed by atoms with Gasteiger partial charge in [0.05, 0.1) is 9.85 Å². The third-order valence-electron chi connectivity index (χ3n) is 1.51. The Morgan fingerprint density at radius 3 is 2.20 bits per heavy atom. The second kappa shape index (κ2) is 4.88. The maximum absolute atomic E-state index is 10.5. The summed E-state index contributed by atoms with van der Waals surface area (Å²) in [7, 11) is 0. The van der Waals surface area contributed by atoms with Crippen molar-refractivity contribution in [2.45, 2.75) is 0 Å². The van der Waals surface area contributed by atoms with Crippen LogP contribution in [-0.2, 0) is 0 Å². The van der Waals surface area contributed by atoms with Crippen molar-refractivity contribution in [1.82, 2.24) is 0 Å². The van der Waals surface area contributed by atoms with E-state index < -0.39 is 21.2 Å². The molecule has 0 saturated heterocycles. The summed E-state index contributed by atoms with van der Waals surface area (Å²) in [6.07, 6.45) is 0. The van der Waals surface area contributed by atoms with Gasteiger partial charge >= 0.3 is 11.4 Å². The third kappa shape index (κ3) is 2.38. The van der Waals surface area contributed by atoms with Gasteiger partial charge in [-0.1, -0.05) is 6.07 Å². The van der Waals surface area contributed by atoms with Gasteiger partial charge in [-0.15, -0.1) is 12.4 Å². The molecular weight excluding hydrogens is 226 g/mol. The van der Waals surface area contributed by atoms with Gasteiger partial charge in [-0.2, -0.15) is 5.26 Å².